The Morgan fingerprint density at radius 2 is 1.35 bits per heavy atom. The summed E-state index contributed by atoms with van der Waals surface area (Å²) in [5, 5.41) is 6.58. The predicted molar refractivity (Wildman–Crippen MR) is 106 cm³/mol. The van der Waals surface area contributed by atoms with Crippen LogP contribution >= 0.6 is 0 Å². The summed E-state index contributed by atoms with van der Waals surface area (Å²) in [5.41, 5.74) is 5.02. The maximum Gasteiger partial charge on any atom is 0.159 e. The predicted octanol–water partition coefficient (Wildman–Crippen LogP) is 5.09. The molecule has 0 aliphatic carbocycles. The van der Waals surface area contributed by atoms with E-state index in [2.05, 4.69) is 46.6 Å². The minimum atomic E-state index is 0.0503. The molecule has 2 N–H and O–H groups in total. The van der Waals surface area contributed by atoms with Crippen molar-refractivity contribution in [1.29, 1.82) is 0 Å². The van der Waals surface area contributed by atoms with Gasteiger partial charge in [-0.1, -0.05) is 6.07 Å². The number of rotatable bonds is 5. The summed E-state index contributed by atoms with van der Waals surface area (Å²) in [6.07, 6.45) is 0. The normalized spacial score (nSPS) is 10.5. The smallest absolute Gasteiger partial charge is 0.159 e. The van der Waals surface area contributed by atoms with Crippen molar-refractivity contribution in [2.24, 2.45) is 0 Å². The summed E-state index contributed by atoms with van der Waals surface area (Å²) < 4.78 is 0. The van der Waals surface area contributed by atoms with Crippen molar-refractivity contribution in [3.8, 4) is 0 Å². The maximum atomic E-state index is 11.4. The molecule has 2 aromatic carbocycles. The topological polar surface area (TPSA) is 66.9 Å². The van der Waals surface area contributed by atoms with Crippen LogP contribution in [0.2, 0.25) is 0 Å². The van der Waals surface area contributed by atoms with E-state index in [1.54, 1.807) is 19.1 Å². The number of carbonyl (C=O) groups is 1. The molecule has 0 radical (unpaired) electrons. The van der Waals surface area contributed by atoms with Crippen molar-refractivity contribution in [3.05, 3.63) is 71.0 Å². The molecule has 0 aliphatic rings. The van der Waals surface area contributed by atoms with Gasteiger partial charge in [0.25, 0.3) is 0 Å². The van der Waals surface area contributed by atoms with Gasteiger partial charge in [-0.3, -0.25) is 4.79 Å². The van der Waals surface area contributed by atoms with Gasteiger partial charge in [0.2, 0.25) is 0 Å². The van der Waals surface area contributed by atoms with Gasteiger partial charge in [-0.15, -0.1) is 0 Å². The Morgan fingerprint density at radius 3 is 1.92 bits per heavy atom. The average molecular weight is 346 g/mol. The molecule has 0 bridgehead atoms. The molecule has 1 aromatic heterocycles. The van der Waals surface area contributed by atoms with Gasteiger partial charge in [0.1, 0.15) is 17.5 Å². The van der Waals surface area contributed by atoms with Crippen LogP contribution in [0.3, 0.4) is 0 Å². The van der Waals surface area contributed by atoms with Crippen LogP contribution in [0.1, 0.15) is 34.2 Å². The zero-order valence-electron chi connectivity index (χ0n) is 15.4. The molecule has 3 rings (SSSR count). The van der Waals surface area contributed by atoms with Gasteiger partial charge in [0, 0.05) is 23.0 Å². The maximum absolute atomic E-state index is 11.4. The van der Waals surface area contributed by atoms with Gasteiger partial charge < -0.3 is 10.6 Å². The van der Waals surface area contributed by atoms with Crippen LogP contribution in [0.25, 0.3) is 0 Å². The Kier molecular flexibility index (Phi) is 4.98. The minimum Gasteiger partial charge on any atom is -0.340 e. The highest BCUT2D eigenvalue weighted by Crippen LogP contribution is 2.22. The molecule has 0 fully saturated rings. The first-order valence-electron chi connectivity index (χ1n) is 8.49. The van der Waals surface area contributed by atoms with Crippen LogP contribution in [0.4, 0.5) is 23.0 Å². The lowest BCUT2D eigenvalue weighted by Crippen LogP contribution is -2.02. The Balaban J connectivity index is 1.80. The summed E-state index contributed by atoms with van der Waals surface area (Å²) in [6, 6.07) is 15.4. The summed E-state index contributed by atoms with van der Waals surface area (Å²) in [7, 11) is 0. The second-order valence-corrected chi connectivity index (χ2v) is 6.37. The number of hydrogen-bond donors (Lipinski definition) is 2. The average Bonchev–Trinajstić information content (AvgIpc) is 2.58. The van der Waals surface area contributed by atoms with Crippen molar-refractivity contribution in [1.82, 2.24) is 9.97 Å². The fourth-order valence-electron chi connectivity index (χ4n) is 2.60. The zero-order valence-corrected chi connectivity index (χ0v) is 15.4. The second-order valence-electron chi connectivity index (χ2n) is 6.37. The van der Waals surface area contributed by atoms with E-state index in [9.17, 15) is 4.79 Å². The van der Waals surface area contributed by atoms with Crippen molar-refractivity contribution in [3.63, 3.8) is 0 Å². The Labute approximate surface area is 153 Å². The van der Waals surface area contributed by atoms with Gasteiger partial charge in [-0.2, -0.15) is 0 Å². The Hall–Kier alpha value is -3.21. The molecular weight excluding hydrogens is 324 g/mol. The molecule has 0 unspecified atom stereocenters. The summed E-state index contributed by atoms with van der Waals surface area (Å²) >= 11 is 0. The molecule has 0 saturated carbocycles. The highest BCUT2D eigenvalue weighted by molar-refractivity contribution is 5.94. The van der Waals surface area contributed by atoms with E-state index in [4.69, 9.17) is 0 Å². The molecule has 132 valence electrons. The number of nitrogens with zero attached hydrogens (tertiary/aromatic N) is 2. The van der Waals surface area contributed by atoms with E-state index in [0.717, 1.165) is 17.2 Å². The zero-order chi connectivity index (χ0) is 18.7. The highest BCUT2D eigenvalue weighted by Gasteiger charge is 2.05. The van der Waals surface area contributed by atoms with Crippen molar-refractivity contribution in [2.75, 3.05) is 10.6 Å². The van der Waals surface area contributed by atoms with E-state index in [1.165, 1.54) is 11.1 Å². The van der Waals surface area contributed by atoms with Crippen LogP contribution < -0.4 is 10.6 Å². The number of hydrogen-bond acceptors (Lipinski definition) is 5. The molecule has 3 aromatic rings. The van der Waals surface area contributed by atoms with E-state index < -0.39 is 0 Å². The minimum absolute atomic E-state index is 0.0503. The molecule has 0 aliphatic heterocycles. The van der Waals surface area contributed by atoms with Crippen LogP contribution in [-0.4, -0.2) is 15.8 Å². The molecule has 0 amide bonds. The van der Waals surface area contributed by atoms with Crippen LogP contribution in [0.5, 0.6) is 0 Å². The molecule has 1 heterocycles. The lowest BCUT2D eigenvalue weighted by Gasteiger charge is -2.11. The monoisotopic (exact) mass is 346 g/mol. The van der Waals surface area contributed by atoms with E-state index in [-0.39, 0.29) is 5.78 Å². The third kappa shape index (κ3) is 4.25. The SMILES string of the molecule is CC(=O)c1ccc(Nc2cc(Nc3ccc(C)c(C)c3)nc(C)n2)cc1. The van der Waals surface area contributed by atoms with Gasteiger partial charge in [0.15, 0.2) is 5.78 Å². The van der Waals surface area contributed by atoms with Gasteiger partial charge in [-0.25, -0.2) is 9.97 Å². The van der Waals surface area contributed by atoms with E-state index >= 15 is 0 Å². The highest BCUT2D eigenvalue weighted by atomic mass is 16.1. The van der Waals surface area contributed by atoms with Crippen molar-refractivity contribution in [2.45, 2.75) is 27.7 Å². The van der Waals surface area contributed by atoms with Crippen LogP contribution in [0.15, 0.2) is 48.5 Å². The summed E-state index contributed by atoms with van der Waals surface area (Å²) in [5.74, 6) is 2.14. The Bertz CT molecular complexity index is 949. The summed E-state index contributed by atoms with van der Waals surface area (Å²) in [6.45, 7) is 7.59. The molecule has 5 heteroatoms. The van der Waals surface area contributed by atoms with Gasteiger partial charge >= 0.3 is 0 Å². The first-order chi connectivity index (χ1) is 12.4. The Morgan fingerprint density at radius 1 is 0.769 bits per heavy atom. The fourth-order valence-corrected chi connectivity index (χ4v) is 2.60. The number of carbonyl (C=O) groups excluding carboxylic acids is 1. The number of anilines is 4. The van der Waals surface area contributed by atoms with E-state index in [1.807, 2.05) is 31.2 Å². The number of Topliss-reactive ketones (excluding diaryl/α,β-unsaturated/α-hetero) is 1. The molecular formula is C21H22N4O. The van der Waals surface area contributed by atoms with Gasteiger partial charge in [0.05, 0.1) is 0 Å². The quantitative estimate of drug-likeness (QED) is 0.630. The second kappa shape index (κ2) is 7.35. The third-order valence-corrected chi connectivity index (χ3v) is 4.18. The molecule has 0 saturated heterocycles. The molecule has 0 spiro atoms. The third-order valence-electron chi connectivity index (χ3n) is 4.18. The largest absolute Gasteiger partial charge is 0.340 e. The fraction of sp³-hybridized carbons (Fsp3) is 0.190. The van der Waals surface area contributed by atoms with Gasteiger partial charge in [-0.05, 0) is 75.2 Å². The number of aromatic nitrogens is 2. The number of aryl methyl sites for hydroxylation is 3. The van der Waals surface area contributed by atoms with Crippen molar-refractivity contribution < 1.29 is 4.79 Å². The van der Waals surface area contributed by atoms with E-state index in [0.29, 0.717) is 17.2 Å². The number of nitrogens with one attached hydrogen (secondary N) is 2. The lowest BCUT2D eigenvalue weighted by molar-refractivity contribution is 0.101. The lowest BCUT2D eigenvalue weighted by atomic mass is 10.1. The summed E-state index contributed by atoms with van der Waals surface area (Å²) in [4.78, 5) is 20.3. The molecule has 0 atom stereocenters. The van der Waals surface area contributed by atoms with Crippen molar-refractivity contribution >= 4 is 28.8 Å². The molecule has 5 nitrogen and oxygen atoms in total. The van der Waals surface area contributed by atoms with Crippen LogP contribution in [-0.2, 0) is 0 Å². The van der Waals surface area contributed by atoms with Crippen LogP contribution in [0, 0.1) is 20.8 Å². The molecule has 26 heavy (non-hydrogen) atoms. The standard InChI is InChI=1S/C21H22N4O/c1-13-5-8-19(11-14(13)2)25-21-12-20(22-16(4)23-21)24-18-9-6-17(7-10-18)15(3)26/h5-12H,1-4H3,(H2,22,23,24,25). The number of benzene rings is 2. The number of ketones is 1. The first kappa shape index (κ1) is 17.6. The first-order valence-corrected chi connectivity index (χ1v) is 8.49.